The van der Waals surface area contributed by atoms with Gasteiger partial charge in [-0.15, -0.1) is 0 Å². The predicted octanol–water partition coefficient (Wildman–Crippen LogP) is 2.61. The molecule has 20 heavy (non-hydrogen) atoms. The monoisotopic (exact) mass is 288 g/mol. The fourth-order valence-corrected chi connectivity index (χ4v) is 1.90. The van der Waals surface area contributed by atoms with Crippen molar-refractivity contribution in [1.82, 2.24) is 4.98 Å². The molecule has 0 radical (unpaired) electrons. The average Bonchev–Trinajstić information content (AvgIpc) is 2.45. The van der Waals surface area contributed by atoms with E-state index in [2.05, 4.69) is 4.98 Å². The van der Waals surface area contributed by atoms with E-state index in [0.29, 0.717) is 23.1 Å². The molecule has 5 heteroatoms. The van der Waals surface area contributed by atoms with Crippen LogP contribution in [0.3, 0.4) is 0 Å². The lowest BCUT2D eigenvalue weighted by atomic mass is 10.2. The summed E-state index contributed by atoms with van der Waals surface area (Å²) in [6.07, 6.45) is 0. The van der Waals surface area contributed by atoms with Gasteiger partial charge in [-0.2, -0.15) is 0 Å². The number of ether oxygens (including phenoxy) is 2. The highest BCUT2D eigenvalue weighted by molar-refractivity contribution is 7.80. The minimum Gasteiger partial charge on any atom is -0.493 e. The number of thiocarbonyl (C=S) groups is 1. The van der Waals surface area contributed by atoms with Gasteiger partial charge < -0.3 is 15.2 Å². The number of rotatable bonds is 5. The van der Waals surface area contributed by atoms with Crippen LogP contribution in [-0.2, 0) is 6.61 Å². The van der Waals surface area contributed by atoms with Crippen LogP contribution in [0.1, 0.15) is 17.0 Å². The third kappa shape index (κ3) is 3.45. The van der Waals surface area contributed by atoms with Crippen LogP contribution in [0.25, 0.3) is 0 Å². The van der Waals surface area contributed by atoms with Gasteiger partial charge in [0.2, 0.25) is 0 Å². The van der Waals surface area contributed by atoms with Crippen molar-refractivity contribution in [3.05, 3.63) is 53.3 Å². The summed E-state index contributed by atoms with van der Waals surface area (Å²) in [6.45, 7) is 2.32. The third-order valence-corrected chi connectivity index (χ3v) is 3.01. The van der Waals surface area contributed by atoms with Crippen molar-refractivity contribution in [3.63, 3.8) is 0 Å². The number of hydrogen-bond donors (Lipinski definition) is 1. The minimum absolute atomic E-state index is 0.329. The molecule has 0 aliphatic rings. The Balaban J connectivity index is 2.15. The number of pyridine rings is 1. The number of methoxy groups -OCH3 is 1. The van der Waals surface area contributed by atoms with Gasteiger partial charge in [0, 0.05) is 11.3 Å². The summed E-state index contributed by atoms with van der Waals surface area (Å²) in [7, 11) is 1.58. The highest BCUT2D eigenvalue weighted by Crippen LogP contribution is 2.28. The molecule has 104 valence electrons. The second kappa shape index (κ2) is 6.34. The van der Waals surface area contributed by atoms with Gasteiger partial charge in [-0.3, -0.25) is 4.98 Å². The van der Waals surface area contributed by atoms with Gasteiger partial charge in [0.15, 0.2) is 11.5 Å². The van der Waals surface area contributed by atoms with Crippen molar-refractivity contribution in [1.29, 1.82) is 0 Å². The van der Waals surface area contributed by atoms with E-state index in [1.165, 1.54) is 0 Å². The largest absolute Gasteiger partial charge is 0.493 e. The van der Waals surface area contributed by atoms with Crippen molar-refractivity contribution >= 4 is 17.2 Å². The van der Waals surface area contributed by atoms with Gasteiger partial charge in [-0.1, -0.05) is 18.3 Å². The number of nitrogens with two attached hydrogens (primary N) is 1. The maximum absolute atomic E-state index is 5.73. The maximum Gasteiger partial charge on any atom is 0.161 e. The molecule has 0 spiro atoms. The Bertz CT molecular complexity index is 629. The number of hydrogen-bond acceptors (Lipinski definition) is 4. The molecule has 1 aromatic heterocycles. The molecule has 4 nitrogen and oxygen atoms in total. The van der Waals surface area contributed by atoms with Gasteiger partial charge in [0.25, 0.3) is 0 Å². The van der Waals surface area contributed by atoms with E-state index in [1.807, 2.05) is 31.2 Å². The zero-order valence-corrected chi connectivity index (χ0v) is 12.2. The Hall–Kier alpha value is -2.14. The summed E-state index contributed by atoms with van der Waals surface area (Å²) in [4.78, 5) is 4.71. The lowest BCUT2D eigenvalue weighted by Gasteiger charge is -2.11. The smallest absolute Gasteiger partial charge is 0.161 e. The van der Waals surface area contributed by atoms with Crippen LogP contribution in [0.2, 0.25) is 0 Å². The predicted molar refractivity (Wildman–Crippen MR) is 82.2 cm³/mol. The molecule has 2 N–H and O–H groups in total. The quantitative estimate of drug-likeness (QED) is 0.857. The van der Waals surface area contributed by atoms with E-state index in [9.17, 15) is 0 Å². The van der Waals surface area contributed by atoms with Crippen molar-refractivity contribution in [2.45, 2.75) is 13.5 Å². The van der Waals surface area contributed by atoms with Crippen molar-refractivity contribution in [2.24, 2.45) is 5.73 Å². The van der Waals surface area contributed by atoms with E-state index < -0.39 is 0 Å². The molecule has 0 saturated heterocycles. The van der Waals surface area contributed by atoms with Gasteiger partial charge in [0.05, 0.1) is 12.8 Å². The Morgan fingerprint density at radius 2 is 2.05 bits per heavy atom. The van der Waals surface area contributed by atoms with Crippen LogP contribution in [0.4, 0.5) is 0 Å². The van der Waals surface area contributed by atoms with Crippen LogP contribution >= 0.6 is 12.2 Å². The van der Waals surface area contributed by atoms with Crippen LogP contribution in [0.15, 0.2) is 36.4 Å². The van der Waals surface area contributed by atoms with E-state index in [1.54, 1.807) is 19.2 Å². The molecule has 2 rings (SSSR count). The Kier molecular flexibility index (Phi) is 4.53. The normalized spacial score (nSPS) is 10.1. The average molecular weight is 288 g/mol. The summed E-state index contributed by atoms with van der Waals surface area (Å²) in [5, 5.41) is 0. The summed E-state index contributed by atoms with van der Waals surface area (Å²) in [5.41, 5.74) is 8.17. The highest BCUT2D eigenvalue weighted by atomic mass is 32.1. The number of aryl methyl sites for hydroxylation is 1. The molecule has 0 aliphatic carbocycles. The lowest BCUT2D eigenvalue weighted by Crippen LogP contribution is -2.09. The fourth-order valence-electron chi connectivity index (χ4n) is 1.77. The summed E-state index contributed by atoms with van der Waals surface area (Å²) in [6, 6.07) is 11.2. The van der Waals surface area contributed by atoms with Gasteiger partial charge >= 0.3 is 0 Å². The van der Waals surface area contributed by atoms with Crippen molar-refractivity contribution in [2.75, 3.05) is 7.11 Å². The van der Waals surface area contributed by atoms with Crippen LogP contribution in [-0.4, -0.2) is 17.1 Å². The molecular weight excluding hydrogens is 272 g/mol. The molecule has 0 saturated carbocycles. The lowest BCUT2D eigenvalue weighted by molar-refractivity contribution is 0.280. The first-order chi connectivity index (χ1) is 9.60. The molecule has 0 aliphatic heterocycles. The molecular formula is C15H16N2O2S. The number of aromatic nitrogens is 1. The summed E-state index contributed by atoms with van der Waals surface area (Å²) in [5.74, 6) is 1.23. The van der Waals surface area contributed by atoms with Crippen LogP contribution in [0.5, 0.6) is 11.5 Å². The molecule has 0 bridgehead atoms. The highest BCUT2D eigenvalue weighted by Gasteiger charge is 2.08. The first-order valence-corrected chi connectivity index (χ1v) is 6.54. The van der Waals surface area contributed by atoms with Crippen molar-refractivity contribution < 1.29 is 9.47 Å². The first kappa shape index (κ1) is 14.3. The number of nitrogens with zero attached hydrogens (tertiary/aromatic N) is 1. The SMILES string of the molecule is COc1cc(C(N)=S)ccc1OCc1cccc(C)n1. The van der Waals surface area contributed by atoms with E-state index in [0.717, 1.165) is 17.0 Å². The summed E-state index contributed by atoms with van der Waals surface area (Å²) >= 11 is 4.94. The van der Waals surface area contributed by atoms with Crippen LogP contribution in [0, 0.1) is 6.92 Å². The van der Waals surface area contributed by atoms with Crippen molar-refractivity contribution in [3.8, 4) is 11.5 Å². The standard InChI is InChI=1S/C15H16N2O2S/c1-10-4-3-5-12(17-10)9-19-13-7-6-11(15(16)20)8-14(13)18-2/h3-8H,9H2,1-2H3,(H2,16,20). The van der Waals surface area contributed by atoms with E-state index in [-0.39, 0.29) is 0 Å². The molecule has 1 aromatic carbocycles. The van der Waals surface area contributed by atoms with Crippen LogP contribution < -0.4 is 15.2 Å². The second-order valence-corrected chi connectivity index (χ2v) is 4.73. The molecule has 0 atom stereocenters. The first-order valence-electron chi connectivity index (χ1n) is 6.13. The number of benzene rings is 1. The topological polar surface area (TPSA) is 57.4 Å². The maximum atomic E-state index is 5.73. The van der Waals surface area contributed by atoms with E-state index in [4.69, 9.17) is 27.4 Å². The molecule has 0 fully saturated rings. The Morgan fingerprint density at radius 3 is 2.70 bits per heavy atom. The van der Waals surface area contributed by atoms with Gasteiger partial charge in [-0.05, 0) is 37.3 Å². The van der Waals surface area contributed by atoms with E-state index >= 15 is 0 Å². The summed E-state index contributed by atoms with van der Waals surface area (Å²) < 4.78 is 11.0. The molecule has 2 aromatic rings. The Labute approximate surface area is 123 Å². The van der Waals surface area contributed by atoms with Gasteiger partial charge in [-0.25, -0.2) is 0 Å². The molecule has 0 unspecified atom stereocenters. The van der Waals surface area contributed by atoms with Gasteiger partial charge in [0.1, 0.15) is 11.6 Å². The molecule has 1 heterocycles. The second-order valence-electron chi connectivity index (χ2n) is 4.29. The fraction of sp³-hybridized carbons (Fsp3) is 0.200. The Morgan fingerprint density at radius 1 is 1.25 bits per heavy atom. The zero-order valence-electron chi connectivity index (χ0n) is 11.4. The third-order valence-electron chi connectivity index (χ3n) is 2.77. The zero-order chi connectivity index (χ0) is 14.5. The minimum atomic E-state index is 0.329. The molecule has 0 amide bonds.